The molecule has 6 rings (SSSR count). The largest absolute Gasteiger partial charge is 0.427 e. The van der Waals surface area contributed by atoms with Gasteiger partial charge < -0.3 is 4.74 Å². The van der Waals surface area contributed by atoms with E-state index in [-0.39, 0.29) is 41.2 Å². The van der Waals surface area contributed by atoms with Crippen LogP contribution in [0.1, 0.15) is 41.0 Å². The lowest BCUT2D eigenvalue weighted by Crippen LogP contribution is -2.47. The highest BCUT2D eigenvalue weighted by Crippen LogP contribution is 2.60. The molecule has 4 aliphatic rings. The Hall–Kier alpha value is -3.01. The van der Waals surface area contributed by atoms with E-state index in [2.05, 4.69) is 6.07 Å². The molecule has 128 valence electrons. The van der Waals surface area contributed by atoms with Crippen LogP contribution in [-0.4, -0.2) is 17.5 Å². The molecule has 0 radical (unpaired) electrons. The van der Waals surface area contributed by atoms with E-state index >= 15 is 0 Å². The maximum absolute atomic E-state index is 12.7. The Morgan fingerprint density at radius 2 is 1.35 bits per heavy atom. The van der Waals surface area contributed by atoms with Gasteiger partial charge >= 0.3 is 5.97 Å². The summed E-state index contributed by atoms with van der Waals surface area (Å²) in [5.41, 5.74) is 4.28. The summed E-state index contributed by atoms with van der Waals surface area (Å²) in [5.74, 6) is -0.931. The Bertz CT molecular complexity index is 1020. The van der Waals surface area contributed by atoms with Crippen molar-refractivity contribution in [3.8, 4) is 5.75 Å². The zero-order chi connectivity index (χ0) is 18.0. The molecule has 2 aromatic carbocycles. The third-order valence-electron chi connectivity index (χ3n) is 5.83. The van der Waals surface area contributed by atoms with Crippen molar-refractivity contribution in [3.63, 3.8) is 0 Å². The fourth-order valence-corrected chi connectivity index (χ4v) is 5.00. The maximum Gasteiger partial charge on any atom is 0.308 e. The Morgan fingerprint density at radius 1 is 0.808 bits per heavy atom. The molecule has 0 heterocycles. The molecule has 0 aromatic heterocycles. The van der Waals surface area contributed by atoms with Gasteiger partial charge in [0, 0.05) is 30.6 Å². The zero-order valence-corrected chi connectivity index (χ0v) is 14.1. The van der Waals surface area contributed by atoms with Gasteiger partial charge in [-0.25, -0.2) is 0 Å². The molecule has 4 heteroatoms. The second-order valence-electron chi connectivity index (χ2n) is 7.16. The number of hydrogen-bond donors (Lipinski definition) is 0. The van der Waals surface area contributed by atoms with Crippen LogP contribution in [0.2, 0.25) is 0 Å². The van der Waals surface area contributed by atoms with E-state index in [1.807, 2.05) is 30.3 Å². The average Bonchev–Trinajstić information content (AvgIpc) is 2.63. The fraction of sp³-hybridized carbons (Fsp3) is 0.227. The van der Waals surface area contributed by atoms with Crippen molar-refractivity contribution in [1.82, 2.24) is 0 Å². The molecule has 0 fully saturated rings. The topological polar surface area (TPSA) is 60.4 Å². The minimum absolute atomic E-state index is 0.00245. The Balaban J connectivity index is 1.77. The van der Waals surface area contributed by atoms with Crippen LogP contribution < -0.4 is 4.74 Å². The molecule has 0 spiro atoms. The summed E-state index contributed by atoms with van der Waals surface area (Å²) in [5, 5.41) is 0. The Kier molecular flexibility index (Phi) is 3.08. The number of hydrogen-bond acceptors (Lipinski definition) is 4. The number of ketones is 2. The fourth-order valence-electron chi connectivity index (χ4n) is 5.00. The lowest BCUT2D eigenvalue weighted by molar-refractivity contribution is -0.132. The minimum Gasteiger partial charge on any atom is -0.427 e. The van der Waals surface area contributed by atoms with Gasteiger partial charge in [-0.05, 0) is 46.5 Å². The first-order chi connectivity index (χ1) is 12.6. The van der Waals surface area contributed by atoms with Crippen molar-refractivity contribution >= 4 is 17.5 Å². The number of allylic oxidation sites excluding steroid dienone is 2. The molecule has 0 aliphatic heterocycles. The van der Waals surface area contributed by atoms with Gasteiger partial charge in [0.1, 0.15) is 5.75 Å². The molecule has 0 saturated heterocycles. The molecule has 0 amide bonds. The molecule has 2 aromatic rings. The van der Waals surface area contributed by atoms with Gasteiger partial charge in [-0.15, -0.1) is 0 Å². The van der Waals surface area contributed by atoms with Crippen LogP contribution >= 0.6 is 0 Å². The highest BCUT2D eigenvalue weighted by atomic mass is 16.5. The molecule has 0 N–H and O–H groups in total. The minimum atomic E-state index is -0.382. The summed E-state index contributed by atoms with van der Waals surface area (Å²) in [6.45, 7) is 1.37. The predicted molar refractivity (Wildman–Crippen MR) is 94.0 cm³/mol. The average molecular weight is 344 g/mol. The summed E-state index contributed by atoms with van der Waals surface area (Å²) in [6.07, 6.45) is 2.85. The molecule has 4 aliphatic carbocycles. The van der Waals surface area contributed by atoms with E-state index in [1.165, 1.54) is 19.1 Å². The number of rotatable bonds is 1. The second kappa shape index (κ2) is 5.24. The van der Waals surface area contributed by atoms with Crippen LogP contribution in [-0.2, 0) is 14.4 Å². The lowest BCUT2D eigenvalue weighted by atomic mass is 9.51. The number of benzene rings is 2. The van der Waals surface area contributed by atoms with E-state index in [0.717, 1.165) is 22.3 Å². The molecule has 0 saturated carbocycles. The summed E-state index contributed by atoms with van der Waals surface area (Å²) >= 11 is 0. The van der Waals surface area contributed by atoms with Crippen molar-refractivity contribution in [2.75, 3.05) is 0 Å². The van der Waals surface area contributed by atoms with Crippen LogP contribution in [0.3, 0.4) is 0 Å². The lowest BCUT2D eigenvalue weighted by Gasteiger charge is -2.50. The number of carbonyl (C=O) groups is 3. The van der Waals surface area contributed by atoms with E-state index < -0.39 is 0 Å². The number of carbonyl (C=O) groups excluding carboxylic acids is 3. The first-order valence-corrected chi connectivity index (χ1v) is 8.73. The molecule has 2 bridgehead atoms. The van der Waals surface area contributed by atoms with Crippen LogP contribution in [0, 0.1) is 11.8 Å². The molecule has 26 heavy (non-hydrogen) atoms. The van der Waals surface area contributed by atoms with Crippen molar-refractivity contribution in [2.24, 2.45) is 11.8 Å². The first kappa shape index (κ1) is 15.3. The van der Waals surface area contributed by atoms with Crippen LogP contribution in [0.4, 0.5) is 0 Å². The summed E-state index contributed by atoms with van der Waals surface area (Å²) in [7, 11) is 0. The van der Waals surface area contributed by atoms with Crippen LogP contribution in [0.25, 0.3) is 0 Å². The predicted octanol–water partition coefficient (Wildman–Crippen LogP) is 3.14. The molecule has 0 unspecified atom stereocenters. The van der Waals surface area contributed by atoms with Crippen molar-refractivity contribution in [3.05, 3.63) is 76.9 Å². The smallest absolute Gasteiger partial charge is 0.308 e. The van der Waals surface area contributed by atoms with Crippen molar-refractivity contribution in [2.45, 2.75) is 18.8 Å². The van der Waals surface area contributed by atoms with E-state index in [9.17, 15) is 14.4 Å². The maximum atomic E-state index is 12.7. The summed E-state index contributed by atoms with van der Waals surface area (Å²) in [6, 6.07) is 13.6. The van der Waals surface area contributed by atoms with Crippen LogP contribution in [0.5, 0.6) is 5.75 Å². The van der Waals surface area contributed by atoms with E-state index in [0.29, 0.717) is 5.75 Å². The molecule has 4 nitrogen and oxygen atoms in total. The SMILES string of the molecule is CC(=O)Oc1ccc2c(c1)[C@@H]1c3ccccc3[C@@H]2[C@H]2C(=O)C=CC(=O)[C@H]12. The van der Waals surface area contributed by atoms with Crippen molar-refractivity contribution in [1.29, 1.82) is 0 Å². The zero-order valence-electron chi connectivity index (χ0n) is 14.1. The standard InChI is InChI=1S/C22H16O4/c1-11(23)26-12-6-7-15-16(10-12)20-14-5-3-2-4-13(14)19(15)21-17(24)8-9-18(25)22(20)21/h2-10,19-22H,1H3/t19-,20-,21+,22+/m0/s1. The van der Waals surface area contributed by atoms with Gasteiger partial charge in [0.25, 0.3) is 0 Å². The first-order valence-electron chi connectivity index (χ1n) is 8.73. The third kappa shape index (κ3) is 1.93. The summed E-state index contributed by atoms with van der Waals surface area (Å²) in [4.78, 5) is 36.7. The highest BCUT2D eigenvalue weighted by Gasteiger charge is 2.55. The number of ether oxygens (including phenoxy) is 1. The van der Waals surface area contributed by atoms with Gasteiger partial charge in [0.15, 0.2) is 11.6 Å². The highest BCUT2D eigenvalue weighted by molar-refractivity contribution is 6.09. The summed E-state index contributed by atoms with van der Waals surface area (Å²) < 4.78 is 5.26. The molecular formula is C22H16O4. The Morgan fingerprint density at radius 3 is 1.92 bits per heavy atom. The Labute approximate surface area is 150 Å². The van der Waals surface area contributed by atoms with Gasteiger partial charge in [0.2, 0.25) is 0 Å². The second-order valence-corrected chi connectivity index (χ2v) is 7.16. The van der Waals surface area contributed by atoms with Gasteiger partial charge in [-0.3, -0.25) is 14.4 Å². The van der Waals surface area contributed by atoms with Gasteiger partial charge in [-0.2, -0.15) is 0 Å². The third-order valence-corrected chi connectivity index (χ3v) is 5.83. The normalized spacial score (nSPS) is 27.6. The monoisotopic (exact) mass is 344 g/mol. The van der Waals surface area contributed by atoms with Crippen LogP contribution in [0.15, 0.2) is 54.6 Å². The van der Waals surface area contributed by atoms with Gasteiger partial charge in [0.05, 0.1) is 0 Å². The van der Waals surface area contributed by atoms with E-state index in [4.69, 9.17) is 4.74 Å². The molecular weight excluding hydrogens is 328 g/mol. The van der Waals surface area contributed by atoms with Gasteiger partial charge in [-0.1, -0.05) is 30.3 Å². The molecule has 4 atom stereocenters. The van der Waals surface area contributed by atoms with Crippen molar-refractivity contribution < 1.29 is 19.1 Å². The quantitative estimate of drug-likeness (QED) is 0.589. The van der Waals surface area contributed by atoms with E-state index in [1.54, 1.807) is 6.07 Å². The number of esters is 1.